The lowest BCUT2D eigenvalue weighted by atomic mass is 10.1. The third-order valence-electron chi connectivity index (χ3n) is 3.28. The highest BCUT2D eigenvalue weighted by Crippen LogP contribution is 2.22. The van der Waals surface area contributed by atoms with E-state index in [4.69, 9.17) is 16.3 Å². The van der Waals surface area contributed by atoms with Gasteiger partial charge in [0, 0.05) is 22.8 Å². The monoisotopic (exact) mass is 396 g/mol. The van der Waals surface area contributed by atoms with Gasteiger partial charge in [-0.3, -0.25) is 9.52 Å². The lowest BCUT2D eigenvalue weighted by Gasteiger charge is -2.11. The van der Waals surface area contributed by atoms with Gasteiger partial charge < -0.3 is 10.1 Å². The molecule has 0 aliphatic heterocycles. The van der Waals surface area contributed by atoms with Gasteiger partial charge in [-0.15, -0.1) is 0 Å². The zero-order chi connectivity index (χ0) is 19.3. The maximum absolute atomic E-state index is 12.2. The van der Waals surface area contributed by atoms with Gasteiger partial charge in [0.15, 0.2) is 0 Å². The second-order valence-electron chi connectivity index (χ2n) is 6.05. The minimum Gasteiger partial charge on any atom is -0.491 e. The van der Waals surface area contributed by atoms with Crippen molar-refractivity contribution in [2.75, 3.05) is 11.0 Å². The van der Waals surface area contributed by atoms with E-state index in [0.717, 1.165) is 6.26 Å². The number of nitrogens with one attached hydrogen (secondary N) is 2. The highest BCUT2D eigenvalue weighted by Gasteiger charge is 2.09. The van der Waals surface area contributed by atoms with Gasteiger partial charge >= 0.3 is 0 Å². The maximum Gasteiger partial charge on any atom is 0.251 e. The molecular formula is C18H21ClN2O4S. The first kappa shape index (κ1) is 20.1. The molecule has 0 heterocycles. The number of rotatable bonds is 7. The molecule has 0 bridgehead atoms. The summed E-state index contributed by atoms with van der Waals surface area (Å²) in [5.41, 5.74) is 1.56. The number of hydrogen-bond donors (Lipinski definition) is 2. The van der Waals surface area contributed by atoms with Crippen LogP contribution in [0.5, 0.6) is 5.75 Å². The Hall–Kier alpha value is -2.25. The van der Waals surface area contributed by atoms with Crippen LogP contribution in [-0.2, 0) is 16.6 Å². The Balaban J connectivity index is 1.98. The van der Waals surface area contributed by atoms with Gasteiger partial charge in [0.2, 0.25) is 10.0 Å². The summed E-state index contributed by atoms with van der Waals surface area (Å²) in [7, 11) is -3.37. The summed E-state index contributed by atoms with van der Waals surface area (Å²) in [4.78, 5) is 12.2. The molecule has 0 atom stereocenters. The smallest absolute Gasteiger partial charge is 0.251 e. The van der Waals surface area contributed by atoms with E-state index in [-0.39, 0.29) is 18.6 Å². The molecule has 26 heavy (non-hydrogen) atoms. The number of anilines is 1. The van der Waals surface area contributed by atoms with Crippen molar-refractivity contribution in [1.82, 2.24) is 5.32 Å². The van der Waals surface area contributed by atoms with Crippen LogP contribution in [0, 0.1) is 0 Å². The predicted molar refractivity (Wildman–Crippen MR) is 103 cm³/mol. The van der Waals surface area contributed by atoms with E-state index in [9.17, 15) is 13.2 Å². The molecule has 6 nitrogen and oxygen atoms in total. The fourth-order valence-electron chi connectivity index (χ4n) is 2.20. The van der Waals surface area contributed by atoms with Crippen molar-refractivity contribution in [2.45, 2.75) is 26.5 Å². The summed E-state index contributed by atoms with van der Waals surface area (Å²) in [6.07, 6.45) is 1.13. The van der Waals surface area contributed by atoms with E-state index in [1.165, 1.54) is 6.07 Å². The lowest BCUT2D eigenvalue weighted by molar-refractivity contribution is 0.0951. The summed E-state index contributed by atoms with van der Waals surface area (Å²) in [5.74, 6) is 0.462. The van der Waals surface area contributed by atoms with E-state index in [1.54, 1.807) is 36.4 Å². The maximum atomic E-state index is 12.2. The molecule has 0 aliphatic rings. The van der Waals surface area contributed by atoms with Crippen LogP contribution < -0.4 is 14.8 Å². The predicted octanol–water partition coefficient (Wildman–Crippen LogP) is 3.43. The van der Waals surface area contributed by atoms with Crippen LogP contribution in [0.3, 0.4) is 0 Å². The van der Waals surface area contributed by atoms with Crippen LogP contribution in [0.25, 0.3) is 0 Å². The van der Waals surface area contributed by atoms with Crippen LogP contribution >= 0.6 is 11.6 Å². The van der Waals surface area contributed by atoms with Gasteiger partial charge in [0.1, 0.15) is 5.75 Å². The number of amides is 1. The normalized spacial score (nSPS) is 11.3. The number of carbonyl (C=O) groups is 1. The van der Waals surface area contributed by atoms with E-state index >= 15 is 0 Å². The Morgan fingerprint density at radius 2 is 1.81 bits per heavy atom. The molecule has 2 rings (SSSR count). The molecule has 0 aliphatic carbocycles. The van der Waals surface area contributed by atoms with Gasteiger partial charge in [0.05, 0.1) is 12.4 Å². The summed E-state index contributed by atoms with van der Waals surface area (Å²) >= 11 is 6.15. The molecule has 2 aromatic carbocycles. The third-order valence-corrected chi connectivity index (χ3v) is 4.24. The Labute approximate surface area is 158 Å². The van der Waals surface area contributed by atoms with Gasteiger partial charge in [-0.25, -0.2) is 8.42 Å². The average Bonchev–Trinajstić information content (AvgIpc) is 2.52. The van der Waals surface area contributed by atoms with Crippen molar-refractivity contribution >= 4 is 33.2 Å². The number of halogens is 1. The van der Waals surface area contributed by atoms with Crippen molar-refractivity contribution < 1.29 is 17.9 Å². The number of sulfonamides is 1. The SMILES string of the molecule is CC(C)Oc1ccc(C(=O)NCc2ccc(NS(C)(=O)=O)cc2Cl)cc1. The Bertz CT molecular complexity index is 881. The molecule has 2 aromatic rings. The number of carbonyl (C=O) groups excluding carboxylic acids is 1. The van der Waals surface area contributed by atoms with Crippen molar-refractivity contribution in [3.05, 3.63) is 58.6 Å². The first-order valence-corrected chi connectivity index (χ1v) is 10.2. The fourth-order valence-corrected chi connectivity index (χ4v) is 3.01. The van der Waals surface area contributed by atoms with Gasteiger partial charge in [0.25, 0.3) is 5.91 Å². The molecule has 0 spiro atoms. The topological polar surface area (TPSA) is 84.5 Å². The van der Waals surface area contributed by atoms with Crippen LogP contribution in [0.2, 0.25) is 5.02 Å². The highest BCUT2D eigenvalue weighted by atomic mass is 35.5. The molecule has 0 aromatic heterocycles. The molecule has 0 radical (unpaired) electrons. The lowest BCUT2D eigenvalue weighted by Crippen LogP contribution is -2.23. The van der Waals surface area contributed by atoms with E-state index in [2.05, 4.69) is 10.0 Å². The van der Waals surface area contributed by atoms with Crippen molar-refractivity contribution in [3.63, 3.8) is 0 Å². The summed E-state index contributed by atoms with van der Waals surface area (Å²) in [6.45, 7) is 4.09. The van der Waals surface area contributed by atoms with Crippen LogP contribution in [0.4, 0.5) is 5.69 Å². The van der Waals surface area contributed by atoms with Crippen LogP contribution in [0.1, 0.15) is 29.8 Å². The summed E-state index contributed by atoms with van der Waals surface area (Å²) in [5, 5.41) is 3.14. The second-order valence-corrected chi connectivity index (χ2v) is 8.21. The number of hydrogen-bond acceptors (Lipinski definition) is 4. The molecule has 0 saturated carbocycles. The quantitative estimate of drug-likeness (QED) is 0.750. The fraction of sp³-hybridized carbons (Fsp3) is 0.278. The largest absolute Gasteiger partial charge is 0.491 e. The molecule has 0 fully saturated rings. The van der Waals surface area contributed by atoms with E-state index in [0.29, 0.717) is 27.6 Å². The number of ether oxygens (including phenoxy) is 1. The van der Waals surface area contributed by atoms with Gasteiger partial charge in [-0.2, -0.15) is 0 Å². The van der Waals surface area contributed by atoms with Gasteiger partial charge in [-0.05, 0) is 55.8 Å². The van der Waals surface area contributed by atoms with E-state index in [1.807, 2.05) is 13.8 Å². The van der Waals surface area contributed by atoms with Crippen LogP contribution in [0.15, 0.2) is 42.5 Å². The Morgan fingerprint density at radius 3 is 2.35 bits per heavy atom. The minimum absolute atomic E-state index is 0.0666. The number of benzene rings is 2. The molecular weight excluding hydrogens is 376 g/mol. The van der Waals surface area contributed by atoms with Crippen molar-refractivity contribution in [1.29, 1.82) is 0 Å². The highest BCUT2D eigenvalue weighted by molar-refractivity contribution is 7.92. The molecule has 8 heteroatoms. The molecule has 140 valence electrons. The third kappa shape index (κ3) is 6.24. The van der Waals surface area contributed by atoms with Crippen molar-refractivity contribution in [3.8, 4) is 5.75 Å². The summed E-state index contributed by atoms with van der Waals surface area (Å²) < 4.78 is 30.4. The molecule has 0 unspecified atom stereocenters. The van der Waals surface area contributed by atoms with Crippen LogP contribution in [-0.4, -0.2) is 26.7 Å². The molecule has 1 amide bonds. The zero-order valence-electron chi connectivity index (χ0n) is 14.7. The Morgan fingerprint density at radius 1 is 1.15 bits per heavy atom. The van der Waals surface area contributed by atoms with Crippen molar-refractivity contribution in [2.24, 2.45) is 0 Å². The molecule has 2 N–H and O–H groups in total. The minimum atomic E-state index is -3.37. The zero-order valence-corrected chi connectivity index (χ0v) is 16.3. The Kier molecular flexibility index (Phi) is 6.50. The first-order chi connectivity index (χ1) is 12.1. The standard InChI is InChI=1S/C18H21ClN2O4S/c1-12(2)25-16-8-5-13(6-9-16)18(22)20-11-14-4-7-15(10-17(14)19)21-26(3,23)24/h4-10,12,21H,11H2,1-3H3,(H,20,22). The first-order valence-electron chi connectivity index (χ1n) is 7.95. The second kappa shape index (κ2) is 8.42. The molecule has 0 saturated heterocycles. The summed E-state index contributed by atoms with van der Waals surface area (Å²) in [6, 6.07) is 11.6. The van der Waals surface area contributed by atoms with E-state index < -0.39 is 10.0 Å². The van der Waals surface area contributed by atoms with Gasteiger partial charge in [-0.1, -0.05) is 17.7 Å². The average molecular weight is 397 g/mol.